The minimum atomic E-state index is -0.486. The van der Waals surface area contributed by atoms with Crippen molar-refractivity contribution in [1.29, 1.82) is 0 Å². The number of aromatic hydroxyl groups is 1. The zero-order valence-electron chi connectivity index (χ0n) is 8.10. The van der Waals surface area contributed by atoms with Gasteiger partial charge >= 0.3 is 5.97 Å². The summed E-state index contributed by atoms with van der Waals surface area (Å²) in [6.45, 7) is 0. The lowest BCUT2D eigenvalue weighted by atomic mass is 10.2. The fourth-order valence-corrected chi connectivity index (χ4v) is 1.32. The first kappa shape index (κ1) is 9.45. The molecule has 0 saturated carbocycles. The van der Waals surface area contributed by atoms with E-state index in [2.05, 4.69) is 9.72 Å². The second-order valence-electron chi connectivity index (χ2n) is 3.07. The van der Waals surface area contributed by atoms with E-state index in [1.165, 1.54) is 13.2 Å². The fourth-order valence-electron chi connectivity index (χ4n) is 1.32. The third-order valence-electron chi connectivity index (χ3n) is 2.07. The molecular weight excluding hydrogens is 194 g/mol. The number of carbonyl (C=O) groups excluding carboxylic acids is 1. The summed E-state index contributed by atoms with van der Waals surface area (Å²) in [4.78, 5) is 15.3. The van der Waals surface area contributed by atoms with Gasteiger partial charge in [-0.05, 0) is 18.2 Å². The summed E-state index contributed by atoms with van der Waals surface area (Å²) < 4.78 is 4.55. The number of benzene rings is 1. The number of fused-ring (bicyclic) bond motifs is 1. The van der Waals surface area contributed by atoms with Crippen molar-refractivity contribution < 1.29 is 14.6 Å². The topological polar surface area (TPSA) is 59.4 Å². The molecule has 0 atom stereocenters. The predicted octanol–water partition coefficient (Wildman–Crippen LogP) is 1.73. The molecule has 0 unspecified atom stereocenters. The maximum absolute atomic E-state index is 11.2. The highest BCUT2D eigenvalue weighted by Crippen LogP contribution is 2.18. The van der Waals surface area contributed by atoms with Crippen LogP contribution in [0.15, 0.2) is 30.3 Å². The standard InChI is InChI=1S/C11H9NO3/c1-15-11(14)9-5-3-7-2-4-8(13)6-10(7)12-9/h2-6,13H,1H3. The van der Waals surface area contributed by atoms with E-state index in [0.717, 1.165) is 5.39 Å². The van der Waals surface area contributed by atoms with Gasteiger partial charge in [0.05, 0.1) is 12.6 Å². The van der Waals surface area contributed by atoms with Crippen LogP contribution in [0.4, 0.5) is 0 Å². The number of ether oxygens (including phenoxy) is 1. The molecule has 4 heteroatoms. The number of methoxy groups -OCH3 is 1. The molecule has 0 aliphatic heterocycles. The highest BCUT2D eigenvalue weighted by Gasteiger charge is 2.07. The van der Waals surface area contributed by atoms with Gasteiger partial charge in [0.25, 0.3) is 0 Å². The number of rotatable bonds is 1. The first-order valence-corrected chi connectivity index (χ1v) is 4.39. The minimum absolute atomic E-state index is 0.122. The highest BCUT2D eigenvalue weighted by molar-refractivity contribution is 5.91. The number of aromatic nitrogens is 1. The van der Waals surface area contributed by atoms with Gasteiger partial charge in [-0.25, -0.2) is 9.78 Å². The van der Waals surface area contributed by atoms with E-state index < -0.39 is 5.97 Å². The molecule has 0 aliphatic rings. The van der Waals surface area contributed by atoms with Crippen LogP contribution in [0, 0.1) is 0 Å². The molecule has 0 amide bonds. The zero-order chi connectivity index (χ0) is 10.8. The molecule has 4 nitrogen and oxygen atoms in total. The number of phenolic OH excluding ortho intramolecular Hbond substituents is 1. The van der Waals surface area contributed by atoms with Crippen molar-refractivity contribution in [2.45, 2.75) is 0 Å². The molecule has 76 valence electrons. The van der Waals surface area contributed by atoms with Crippen LogP contribution in [0.2, 0.25) is 0 Å². The Morgan fingerprint density at radius 2 is 2.07 bits per heavy atom. The van der Waals surface area contributed by atoms with Crippen molar-refractivity contribution in [3.05, 3.63) is 36.0 Å². The Morgan fingerprint density at radius 3 is 2.80 bits per heavy atom. The van der Waals surface area contributed by atoms with E-state index >= 15 is 0 Å². The Bertz CT molecular complexity index is 522. The monoisotopic (exact) mass is 203 g/mol. The second-order valence-corrected chi connectivity index (χ2v) is 3.07. The molecule has 0 spiro atoms. The predicted molar refractivity (Wildman–Crippen MR) is 54.7 cm³/mol. The van der Waals surface area contributed by atoms with Crippen LogP contribution in [-0.4, -0.2) is 23.2 Å². The molecule has 1 aromatic carbocycles. The molecule has 2 aromatic rings. The van der Waals surface area contributed by atoms with E-state index in [0.29, 0.717) is 5.52 Å². The van der Waals surface area contributed by atoms with Crippen LogP contribution in [0.5, 0.6) is 5.75 Å². The lowest BCUT2D eigenvalue weighted by Gasteiger charge is -2.01. The number of pyridine rings is 1. The van der Waals surface area contributed by atoms with Crippen LogP contribution < -0.4 is 0 Å². The molecule has 0 saturated heterocycles. The number of phenols is 1. The van der Waals surface area contributed by atoms with Crippen LogP contribution in [0.1, 0.15) is 10.5 Å². The molecule has 1 heterocycles. The first-order valence-electron chi connectivity index (χ1n) is 4.39. The summed E-state index contributed by atoms with van der Waals surface area (Å²) >= 11 is 0. The maximum Gasteiger partial charge on any atom is 0.356 e. The van der Waals surface area contributed by atoms with Crippen LogP contribution in [-0.2, 0) is 4.74 Å². The SMILES string of the molecule is COC(=O)c1ccc2ccc(O)cc2n1. The van der Waals surface area contributed by atoms with Gasteiger partial charge in [-0.1, -0.05) is 6.07 Å². The molecule has 15 heavy (non-hydrogen) atoms. The van der Waals surface area contributed by atoms with Gasteiger partial charge in [-0.3, -0.25) is 0 Å². The van der Waals surface area contributed by atoms with Gasteiger partial charge in [0.2, 0.25) is 0 Å². The van der Waals surface area contributed by atoms with Gasteiger partial charge in [0.1, 0.15) is 11.4 Å². The van der Waals surface area contributed by atoms with Crippen LogP contribution in [0.25, 0.3) is 10.9 Å². The number of hydrogen-bond acceptors (Lipinski definition) is 4. The summed E-state index contributed by atoms with van der Waals surface area (Å²) in [6, 6.07) is 8.15. The van der Waals surface area contributed by atoms with Crippen molar-refractivity contribution in [3.63, 3.8) is 0 Å². The Morgan fingerprint density at radius 1 is 1.33 bits per heavy atom. The first-order chi connectivity index (χ1) is 7.20. The van der Waals surface area contributed by atoms with Crippen molar-refractivity contribution in [2.75, 3.05) is 7.11 Å². The molecule has 0 radical (unpaired) electrons. The second kappa shape index (κ2) is 3.57. The molecule has 1 N–H and O–H groups in total. The molecular formula is C11H9NO3. The lowest BCUT2D eigenvalue weighted by molar-refractivity contribution is 0.0594. The summed E-state index contributed by atoms with van der Waals surface area (Å²) in [7, 11) is 1.30. The largest absolute Gasteiger partial charge is 0.508 e. The summed E-state index contributed by atoms with van der Waals surface area (Å²) in [6.07, 6.45) is 0. The van der Waals surface area contributed by atoms with E-state index in [9.17, 15) is 9.90 Å². The van der Waals surface area contributed by atoms with E-state index in [4.69, 9.17) is 0 Å². The third kappa shape index (κ3) is 1.74. The Kier molecular flexibility index (Phi) is 2.25. The molecule has 1 aromatic heterocycles. The van der Waals surface area contributed by atoms with Crippen molar-refractivity contribution in [1.82, 2.24) is 4.98 Å². The van der Waals surface area contributed by atoms with Crippen LogP contribution in [0.3, 0.4) is 0 Å². The van der Waals surface area contributed by atoms with Gasteiger partial charge in [0.15, 0.2) is 0 Å². The quantitative estimate of drug-likeness (QED) is 0.717. The average Bonchev–Trinajstić information content (AvgIpc) is 2.27. The smallest absolute Gasteiger partial charge is 0.356 e. The zero-order valence-corrected chi connectivity index (χ0v) is 8.10. The number of nitrogens with zero attached hydrogens (tertiary/aromatic N) is 1. The number of esters is 1. The van der Waals surface area contributed by atoms with Crippen molar-refractivity contribution in [2.24, 2.45) is 0 Å². The minimum Gasteiger partial charge on any atom is -0.508 e. The number of hydrogen-bond donors (Lipinski definition) is 1. The highest BCUT2D eigenvalue weighted by atomic mass is 16.5. The van der Waals surface area contributed by atoms with Crippen LogP contribution >= 0.6 is 0 Å². The number of carbonyl (C=O) groups is 1. The van der Waals surface area contributed by atoms with Gasteiger partial charge in [-0.2, -0.15) is 0 Å². The average molecular weight is 203 g/mol. The van der Waals surface area contributed by atoms with Crippen molar-refractivity contribution in [3.8, 4) is 5.75 Å². The lowest BCUT2D eigenvalue weighted by Crippen LogP contribution is -2.03. The fraction of sp³-hybridized carbons (Fsp3) is 0.0909. The van der Waals surface area contributed by atoms with Gasteiger partial charge in [0, 0.05) is 11.5 Å². The van der Waals surface area contributed by atoms with E-state index in [1.54, 1.807) is 24.3 Å². The summed E-state index contributed by atoms with van der Waals surface area (Å²) in [5.74, 6) is -0.364. The summed E-state index contributed by atoms with van der Waals surface area (Å²) in [5.41, 5.74) is 0.800. The molecule has 2 rings (SSSR count). The van der Waals surface area contributed by atoms with E-state index in [-0.39, 0.29) is 11.4 Å². The molecule has 0 aliphatic carbocycles. The van der Waals surface area contributed by atoms with Crippen molar-refractivity contribution >= 4 is 16.9 Å². The normalized spacial score (nSPS) is 10.2. The Balaban J connectivity index is 2.59. The van der Waals surface area contributed by atoms with Gasteiger partial charge < -0.3 is 9.84 Å². The Labute approximate surface area is 86.1 Å². The third-order valence-corrected chi connectivity index (χ3v) is 2.07. The molecule has 0 fully saturated rings. The molecule has 0 bridgehead atoms. The van der Waals surface area contributed by atoms with Gasteiger partial charge in [-0.15, -0.1) is 0 Å². The summed E-state index contributed by atoms with van der Waals surface area (Å²) in [5, 5.41) is 10.1. The Hall–Kier alpha value is -2.10. The maximum atomic E-state index is 11.2. The van der Waals surface area contributed by atoms with E-state index in [1.807, 2.05) is 0 Å².